The van der Waals surface area contributed by atoms with Gasteiger partial charge in [0.25, 0.3) is 0 Å². The molecule has 0 aliphatic heterocycles. The molecule has 1 nitrogen and oxygen atoms in total. The Bertz CT molecular complexity index is 364. The van der Waals surface area contributed by atoms with Crippen LogP contribution in [0.3, 0.4) is 0 Å². The third-order valence-corrected chi connectivity index (χ3v) is 2.46. The van der Waals surface area contributed by atoms with Gasteiger partial charge < -0.3 is 5.11 Å². The van der Waals surface area contributed by atoms with E-state index < -0.39 is 30.9 Å². The number of alkyl halides is 3. The first-order valence-corrected chi connectivity index (χ1v) is 4.84. The van der Waals surface area contributed by atoms with Crippen LogP contribution in [0.2, 0.25) is 5.02 Å². The minimum atomic E-state index is -4.50. The molecule has 0 saturated heterocycles. The highest BCUT2D eigenvalue weighted by Gasteiger charge is 2.38. The fourth-order valence-corrected chi connectivity index (χ4v) is 1.35. The molecule has 1 aromatic carbocycles. The second-order valence-electron chi connectivity index (χ2n) is 3.37. The van der Waals surface area contributed by atoms with Crippen molar-refractivity contribution in [2.45, 2.75) is 12.6 Å². The lowest BCUT2D eigenvalue weighted by Crippen LogP contribution is -2.28. The number of halogens is 5. The zero-order valence-electron chi connectivity index (χ0n) is 8.06. The predicted molar refractivity (Wildman–Crippen MR) is 51.7 cm³/mol. The maximum Gasteiger partial charge on any atom is 0.394 e. The second-order valence-corrected chi connectivity index (χ2v) is 3.78. The molecule has 6 heteroatoms. The van der Waals surface area contributed by atoms with Gasteiger partial charge in [0.05, 0.1) is 17.5 Å². The molecule has 0 saturated carbocycles. The van der Waals surface area contributed by atoms with Crippen molar-refractivity contribution in [3.05, 3.63) is 34.6 Å². The molecule has 0 aliphatic carbocycles. The summed E-state index contributed by atoms with van der Waals surface area (Å²) in [5.74, 6) is -2.65. The molecule has 90 valence electrons. The smallest absolute Gasteiger partial charge is 0.394 e. The first kappa shape index (κ1) is 13.3. The summed E-state index contributed by atoms with van der Waals surface area (Å²) in [6, 6.07) is 3.44. The first-order chi connectivity index (χ1) is 7.34. The Labute approximate surface area is 94.7 Å². The fraction of sp³-hybridized carbons (Fsp3) is 0.400. The molecule has 0 radical (unpaired) electrons. The van der Waals surface area contributed by atoms with Crippen LogP contribution >= 0.6 is 11.6 Å². The highest BCUT2D eigenvalue weighted by molar-refractivity contribution is 6.30. The maximum absolute atomic E-state index is 13.0. The molecule has 16 heavy (non-hydrogen) atoms. The lowest BCUT2D eigenvalue weighted by Gasteiger charge is -2.17. The Morgan fingerprint density at radius 1 is 1.31 bits per heavy atom. The number of hydrogen-bond donors (Lipinski definition) is 1. The largest absolute Gasteiger partial charge is 0.396 e. The number of aliphatic hydroxyl groups excluding tert-OH is 1. The molecule has 1 rings (SSSR count). The van der Waals surface area contributed by atoms with E-state index in [9.17, 15) is 17.6 Å². The van der Waals surface area contributed by atoms with Gasteiger partial charge in [0.2, 0.25) is 0 Å². The molecule has 1 atom stereocenters. The van der Waals surface area contributed by atoms with Crippen molar-refractivity contribution in [3.8, 4) is 0 Å². The topological polar surface area (TPSA) is 20.2 Å². The molecule has 0 aliphatic rings. The van der Waals surface area contributed by atoms with Crippen LogP contribution in [0.5, 0.6) is 0 Å². The highest BCUT2D eigenvalue weighted by Crippen LogP contribution is 2.29. The summed E-state index contributed by atoms with van der Waals surface area (Å²) in [7, 11) is 0. The Morgan fingerprint density at radius 2 is 1.94 bits per heavy atom. The van der Waals surface area contributed by atoms with E-state index in [2.05, 4.69) is 0 Å². The average Bonchev–Trinajstić information content (AvgIpc) is 2.18. The summed E-state index contributed by atoms with van der Waals surface area (Å²) < 4.78 is 49.9. The van der Waals surface area contributed by atoms with Crippen molar-refractivity contribution >= 4 is 11.6 Å². The Morgan fingerprint density at radius 3 is 2.38 bits per heavy atom. The predicted octanol–water partition coefficient (Wildman–Crippen LogP) is 3.19. The van der Waals surface area contributed by atoms with E-state index in [-0.39, 0.29) is 10.6 Å². The lowest BCUT2D eigenvalue weighted by molar-refractivity contribution is -0.183. The summed E-state index contributed by atoms with van der Waals surface area (Å²) in [6.07, 6.45) is -4.96. The molecule has 1 aromatic rings. The van der Waals surface area contributed by atoms with E-state index in [0.29, 0.717) is 0 Å². The van der Waals surface area contributed by atoms with Gasteiger partial charge >= 0.3 is 6.18 Å². The average molecular weight is 257 g/mol. The van der Waals surface area contributed by atoms with E-state index >= 15 is 0 Å². The molecule has 0 heterocycles. The van der Waals surface area contributed by atoms with E-state index in [1.807, 2.05) is 0 Å². The van der Waals surface area contributed by atoms with Crippen molar-refractivity contribution in [1.82, 2.24) is 0 Å². The number of aliphatic hydroxyl groups is 1. The third kappa shape index (κ3) is 3.35. The van der Waals surface area contributed by atoms with Gasteiger partial charge in [-0.3, -0.25) is 0 Å². The Kier molecular flexibility index (Phi) is 4.15. The molecule has 1 N–H and O–H groups in total. The standard InChI is InChI=1S/C10H9ClF4O/c11-8-2-1-6(4-9(8)12)3-7(5-16)10(13,14)15/h1-2,4,7,16H,3,5H2. The van der Waals surface area contributed by atoms with Crippen LogP contribution in [0.1, 0.15) is 5.56 Å². The molecule has 0 spiro atoms. The monoisotopic (exact) mass is 256 g/mol. The number of rotatable bonds is 3. The van der Waals surface area contributed by atoms with Crippen molar-refractivity contribution in [2.24, 2.45) is 5.92 Å². The van der Waals surface area contributed by atoms with Crippen molar-refractivity contribution < 1.29 is 22.7 Å². The maximum atomic E-state index is 13.0. The van der Waals surface area contributed by atoms with Gasteiger partial charge in [-0.25, -0.2) is 4.39 Å². The quantitative estimate of drug-likeness (QED) is 0.824. The summed E-state index contributed by atoms with van der Waals surface area (Å²) in [5.41, 5.74) is 0.151. The zero-order valence-corrected chi connectivity index (χ0v) is 8.82. The van der Waals surface area contributed by atoms with Gasteiger partial charge in [0.1, 0.15) is 5.82 Å². The van der Waals surface area contributed by atoms with E-state index in [1.165, 1.54) is 12.1 Å². The van der Waals surface area contributed by atoms with Gasteiger partial charge in [-0.1, -0.05) is 17.7 Å². The number of hydrogen-bond acceptors (Lipinski definition) is 1. The van der Waals surface area contributed by atoms with Gasteiger partial charge in [0.15, 0.2) is 0 Å². The molecule has 1 unspecified atom stereocenters. The summed E-state index contributed by atoms with van der Waals surface area (Å²) in [5, 5.41) is 8.46. The fourth-order valence-electron chi connectivity index (χ4n) is 1.23. The van der Waals surface area contributed by atoms with E-state index in [1.54, 1.807) is 0 Å². The minimum absolute atomic E-state index is 0.142. The van der Waals surface area contributed by atoms with Crippen LogP contribution in [0.4, 0.5) is 17.6 Å². The molecule has 0 bridgehead atoms. The van der Waals surface area contributed by atoms with Crippen LogP contribution in [-0.2, 0) is 6.42 Å². The Balaban J connectivity index is 2.83. The second kappa shape index (κ2) is 5.01. The molecule has 0 fully saturated rings. The Hall–Kier alpha value is -0.810. The molecule has 0 aromatic heterocycles. The molecular weight excluding hydrogens is 248 g/mol. The summed E-state index contributed by atoms with van der Waals surface area (Å²) in [6.45, 7) is -1.02. The van der Waals surface area contributed by atoms with Crippen molar-refractivity contribution in [1.29, 1.82) is 0 Å². The van der Waals surface area contributed by atoms with Gasteiger partial charge in [-0.2, -0.15) is 13.2 Å². The van der Waals surface area contributed by atoms with Crippen molar-refractivity contribution in [3.63, 3.8) is 0 Å². The minimum Gasteiger partial charge on any atom is -0.396 e. The SMILES string of the molecule is OCC(Cc1ccc(Cl)c(F)c1)C(F)(F)F. The summed E-state index contributed by atoms with van der Waals surface area (Å²) >= 11 is 5.39. The van der Waals surface area contributed by atoms with Gasteiger partial charge in [-0.05, 0) is 24.1 Å². The zero-order chi connectivity index (χ0) is 12.3. The highest BCUT2D eigenvalue weighted by atomic mass is 35.5. The van der Waals surface area contributed by atoms with Crippen LogP contribution in [0.15, 0.2) is 18.2 Å². The first-order valence-electron chi connectivity index (χ1n) is 4.46. The van der Waals surface area contributed by atoms with Gasteiger partial charge in [0, 0.05) is 0 Å². The third-order valence-electron chi connectivity index (χ3n) is 2.15. The molecule has 0 amide bonds. The van der Waals surface area contributed by atoms with Gasteiger partial charge in [-0.15, -0.1) is 0 Å². The number of benzene rings is 1. The van der Waals surface area contributed by atoms with E-state index in [4.69, 9.17) is 16.7 Å². The normalized spacial score (nSPS) is 13.9. The van der Waals surface area contributed by atoms with Crippen LogP contribution in [-0.4, -0.2) is 17.9 Å². The van der Waals surface area contributed by atoms with Crippen LogP contribution in [0.25, 0.3) is 0 Å². The van der Waals surface area contributed by atoms with Crippen LogP contribution < -0.4 is 0 Å². The van der Waals surface area contributed by atoms with Crippen molar-refractivity contribution in [2.75, 3.05) is 6.61 Å². The summed E-state index contributed by atoms with van der Waals surface area (Å²) in [4.78, 5) is 0. The van der Waals surface area contributed by atoms with E-state index in [0.717, 1.165) is 6.07 Å². The van der Waals surface area contributed by atoms with Crippen LogP contribution in [0, 0.1) is 11.7 Å². The lowest BCUT2D eigenvalue weighted by atomic mass is 9.99. The molecular formula is C10H9ClF4O.